The maximum absolute atomic E-state index is 12.6. The Morgan fingerprint density at radius 2 is 2.00 bits per heavy atom. The summed E-state index contributed by atoms with van der Waals surface area (Å²) in [5.41, 5.74) is 0.742. The molecule has 1 aromatic carbocycles. The van der Waals surface area contributed by atoms with E-state index in [0.29, 0.717) is 28.7 Å². The largest absolute Gasteiger partial charge is 0.381 e. The van der Waals surface area contributed by atoms with Crippen molar-refractivity contribution in [3.05, 3.63) is 39.4 Å². The van der Waals surface area contributed by atoms with E-state index in [9.17, 15) is 4.79 Å². The highest BCUT2D eigenvalue weighted by Crippen LogP contribution is 2.16. The first-order chi connectivity index (χ1) is 12.1. The second-order valence-electron chi connectivity index (χ2n) is 6.49. The summed E-state index contributed by atoms with van der Waals surface area (Å²) in [6, 6.07) is 7.51. The van der Waals surface area contributed by atoms with Gasteiger partial charge >= 0.3 is 0 Å². The number of para-hydroxylation sites is 1. The number of methoxy groups -OCH3 is 1. The van der Waals surface area contributed by atoms with Crippen molar-refractivity contribution in [2.75, 3.05) is 20.2 Å². The van der Waals surface area contributed by atoms with Crippen LogP contribution in [-0.4, -0.2) is 50.0 Å². The number of fused-ring (bicyclic) bond motifs is 3. The topological polar surface area (TPSA) is 56.7 Å². The van der Waals surface area contributed by atoms with E-state index in [1.807, 2.05) is 33.3 Å². The molecule has 25 heavy (non-hydrogen) atoms. The van der Waals surface area contributed by atoms with Gasteiger partial charge < -0.3 is 4.74 Å². The number of piperidine rings is 1. The molecule has 0 aliphatic carbocycles. The zero-order valence-electron chi connectivity index (χ0n) is 14.4. The number of ether oxygens (including phenoxy) is 1. The molecular weight excluding hydrogens is 338 g/mol. The van der Waals surface area contributed by atoms with Crippen LogP contribution in [0.3, 0.4) is 0 Å². The molecule has 3 heterocycles. The molecule has 8 heteroatoms. The Labute approximate surface area is 150 Å². The van der Waals surface area contributed by atoms with Crippen molar-refractivity contribution < 1.29 is 4.74 Å². The van der Waals surface area contributed by atoms with E-state index in [-0.39, 0.29) is 5.56 Å². The van der Waals surface area contributed by atoms with Gasteiger partial charge in [0.1, 0.15) is 0 Å². The van der Waals surface area contributed by atoms with Crippen LogP contribution >= 0.6 is 12.2 Å². The molecule has 1 fully saturated rings. The molecule has 0 radical (unpaired) electrons. The van der Waals surface area contributed by atoms with Crippen molar-refractivity contribution >= 4 is 28.9 Å². The zero-order valence-corrected chi connectivity index (χ0v) is 15.2. The molecule has 7 nitrogen and oxygen atoms in total. The quantitative estimate of drug-likeness (QED) is 0.668. The first-order valence-corrected chi connectivity index (χ1v) is 8.83. The van der Waals surface area contributed by atoms with Gasteiger partial charge in [-0.15, -0.1) is 5.10 Å². The number of likely N-dealkylation sites (tertiary alicyclic amines) is 1. The summed E-state index contributed by atoms with van der Waals surface area (Å²) in [5.74, 6) is 0.570. The van der Waals surface area contributed by atoms with Crippen LogP contribution in [0.5, 0.6) is 0 Å². The molecule has 132 valence electrons. The highest BCUT2D eigenvalue weighted by atomic mass is 32.1. The highest BCUT2D eigenvalue weighted by molar-refractivity contribution is 7.71. The number of rotatable bonds is 3. The Morgan fingerprint density at radius 1 is 1.28 bits per heavy atom. The number of benzene rings is 1. The number of aryl methyl sites for hydroxylation is 1. The minimum Gasteiger partial charge on any atom is -0.381 e. The van der Waals surface area contributed by atoms with Gasteiger partial charge in [-0.05, 0) is 37.2 Å². The molecule has 0 atom stereocenters. The smallest absolute Gasteiger partial charge is 0.262 e. The van der Waals surface area contributed by atoms with Crippen molar-refractivity contribution in [2.45, 2.75) is 25.6 Å². The Bertz CT molecular complexity index is 1040. The fourth-order valence-electron chi connectivity index (χ4n) is 3.51. The number of aromatic nitrogens is 4. The van der Waals surface area contributed by atoms with E-state index in [1.165, 1.54) is 0 Å². The van der Waals surface area contributed by atoms with Crippen molar-refractivity contribution in [1.29, 1.82) is 0 Å². The number of hydrogen-bond donors (Lipinski definition) is 0. The van der Waals surface area contributed by atoms with Gasteiger partial charge in [-0.1, -0.05) is 12.1 Å². The van der Waals surface area contributed by atoms with Crippen molar-refractivity contribution in [3.8, 4) is 0 Å². The van der Waals surface area contributed by atoms with Gasteiger partial charge in [0.15, 0.2) is 0 Å². The lowest BCUT2D eigenvalue weighted by Gasteiger charge is -2.30. The van der Waals surface area contributed by atoms with Gasteiger partial charge in [0.2, 0.25) is 10.5 Å². The number of nitrogens with zero attached hydrogens (tertiary/aromatic N) is 5. The number of hydrogen-bond acceptors (Lipinski definition) is 5. The predicted molar refractivity (Wildman–Crippen MR) is 98.4 cm³/mol. The third kappa shape index (κ3) is 2.70. The highest BCUT2D eigenvalue weighted by Gasteiger charge is 2.20. The Morgan fingerprint density at radius 3 is 2.72 bits per heavy atom. The summed E-state index contributed by atoms with van der Waals surface area (Å²) in [7, 11) is 3.50. The third-order valence-corrected chi connectivity index (χ3v) is 5.40. The average molecular weight is 359 g/mol. The summed E-state index contributed by atoms with van der Waals surface area (Å²) < 4.78 is 11.3. The van der Waals surface area contributed by atoms with Gasteiger partial charge in [0, 0.05) is 27.2 Å². The van der Waals surface area contributed by atoms with E-state index in [2.05, 4.69) is 10.00 Å². The molecule has 4 rings (SSSR count). The van der Waals surface area contributed by atoms with E-state index in [4.69, 9.17) is 17.0 Å². The van der Waals surface area contributed by atoms with Crippen molar-refractivity contribution in [2.24, 2.45) is 7.05 Å². The van der Waals surface area contributed by atoms with Crippen LogP contribution in [0.15, 0.2) is 29.1 Å². The molecule has 0 unspecified atom stereocenters. The Balaban J connectivity index is 1.78. The van der Waals surface area contributed by atoms with Crippen LogP contribution in [0.2, 0.25) is 0 Å². The molecule has 1 aliphatic rings. The fraction of sp³-hybridized carbons (Fsp3) is 0.471. The van der Waals surface area contributed by atoms with E-state index >= 15 is 0 Å². The first kappa shape index (κ1) is 16.4. The average Bonchev–Trinajstić information content (AvgIpc) is 2.97. The second kappa shape index (κ2) is 6.36. The molecule has 1 saturated heterocycles. The maximum Gasteiger partial charge on any atom is 0.262 e. The molecule has 0 amide bonds. The first-order valence-electron chi connectivity index (χ1n) is 8.42. The summed E-state index contributed by atoms with van der Waals surface area (Å²) in [4.78, 5) is 14.9. The molecule has 3 aromatic rings. The fourth-order valence-corrected chi connectivity index (χ4v) is 3.79. The molecule has 0 N–H and O–H groups in total. The minimum atomic E-state index is -0.0591. The predicted octanol–water partition coefficient (Wildman–Crippen LogP) is 1.79. The van der Waals surface area contributed by atoms with E-state index in [1.54, 1.807) is 18.7 Å². The molecule has 0 saturated carbocycles. The van der Waals surface area contributed by atoms with Gasteiger partial charge in [-0.2, -0.15) is 0 Å². The second-order valence-corrected chi connectivity index (χ2v) is 6.86. The Hall–Kier alpha value is -2.03. The van der Waals surface area contributed by atoms with Crippen LogP contribution in [0.4, 0.5) is 0 Å². The SMILES string of the molecule is COC1CCN(Cn2nc3n(C)c(=O)c4ccccc4n3c2=S)CC1. The molecular formula is C17H21N5O2S. The van der Waals surface area contributed by atoms with Crippen LogP contribution in [0.25, 0.3) is 16.7 Å². The molecule has 2 aromatic heterocycles. The summed E-state index contributed by atoms with van der Waals surface area (Å²) >= 11 is 5.67. The van der Waals surface area contributed by atoms with Crippen LogP contribution < -0.4 is 5.56 Å². The van der Waals surface area contributed by atoms with Gasteiger partial charge in [-0.25, -0.2) is 4.68 Å². The summed E-state index contributed by atoms with van der Waals surface area (Å²) in [6.07, 6.45) is 2.37. The van der Waals surface area contributed by atoms with Crippen LogP contribution in [0.1, 0.15) is 12.8 Å². The molecule has 0 spiro atoms. The normalized spacial score (nSPS) is 16.9. The maximum atomic E-state index is 12.6. The minimum absolute atomic E-state index is 0.0591. The lowest BCUT2D eigenvalue weighted by Crippen LogP contribution is -2.38. The lowest BCUT2D eigenvalue weighted by molar-refractivity contribution is 0.0302. The standard InChI is InChI=1S/C17H21N5O2S/c1-19-15(23)13-5-3-4-6-14(13)22-16(19)18-21(17(22)25)11-20-9-7-12(24-2)8-10-20/h3-6,12H,7-11H2,1-2H3. The molecule has 0 bridgehead atoms. The van der Waals surface area contributed by atoms with Gasteiger partial charge in [0.05, 0.1) is 23.7 Å². The van der Waals surface area contributed by atoms with E-state index in [0.717, 1.165) is 31.4 Å². The Kier molecular flexibility index (Phi) is 4.18. The van der Waals surface area contributed by atoms with Crippen molar-refractivity contribution in [3.63, 3.8) is 0 Å². The van der Waals surface area contributed by atoms with E-state index < -0.39 is 0 Å². The van der Waals surface area contributed by atoms with Gasteiger partial charge in [-0.3, -0.25) is 18.7 Å². The monoisotopic (exact) mass is 359 g/mol. The van der Waals surface area contributed by atoms with Crippen LogP contribution in [-0.2, 0) is 18.5 Å². The third-order valence-electron chi connectivity index (χ3n) is 5.00. The summed E-state index contributed by atoms with van der Waals surface area (Å²) in [6.45, 7) is 2.53. The zero-order chi connectivity index (χ0) is 17.6. The molecule has 1 aliphatic heterocycles. The lowest BCUT2D eigenvalue weighted by atomic mass is 10.1. The van der Waals surface area contributed by atoms with Crippen molar-refractivity contribution in [1.82, 2.24) is 23.6 Å². The van der Waals surface area contributed by atoms with Gasteiger partial charge in [0.25, 0.3) is 5.56 Å². The summed E-state index contributed by atoms with van der Waals surface area (Å²) in [5, 5.41) is 5.27. The van der Waals surface area contributed by atoms with Crippen LogP contribution in [0, 0.1) is 4.77 Å².